The number of carbonyl (C=O) groups is 1. The molecule has 3 heterocycles. The molecule has 1 fully saturated rings. The van der Waals surface area contributed by atoms with Crippen LogP contribution in [-0.2, 0) is 11.3 Å². The standard InChI is InChI=1S/C14H16N4O2/c19-14(12-3-1-4-15-9-12)17-7-8-20-13(10-17)11-18-6-2-5-16-18/h1-6,9,13H,7-8,10-11H2. The first kappa shape index (κ1) is 12.8. The molecule has 0 saturated carbocycles. The van der Waals surface area contributed by atoms with Gasteiger partial charge >= 0.3 is 0 Å². The van der Waals surface area contributed by atoms with Gasteiger partial charge in [-0.3, -0.25) is 14.5 Å². The Bertz CT molecular complexity index is 556. The van der Waals surface area contributed by atoms with E-state index in [4.69, 9.17) is 4.74 Å². The first-order chi connectivity index (χ1) is 9.83. The maximum atomic E-state index is 12.4. The summed E-state index contributed by atoms with van der Waals surface area (Å²) in [4.78, 5) is 18.2. The Morgan fingerprint density at radius 2 is 2.35 bits per heavy atom. The van der Waals surface area contributed by atoms with Crippen molar-refractivity contribution in [3.8, 4) is 0 Å². The largest absolute Gasteiger partial charge is 0.373 e. The molecule has 0 spiro atoms. The van der Waals surface area contributed by atoms with Crippen molar-refractivity contribution in [3.63, 3.8) is 0 Å². The summed E-state index contributed by atoms with van der Waals surface area (Å²) in [6.45, 7) is 2.40. The van der Waals surface area contributed by atoms with E-state index in [1.807, 2.05) is 21.8 Å². The highest BCUT2D eigenvalue weighted by Crippen LogP contribution is 2.11. The zero-order valence-corrected chi connectivity index (χ0v) is 11.1. The molecule has 20 heavy (non-hydrogen) atoms. The molecule has 0 N–H and O–H groups in total. The molecule has 1 atom stereocenters. The van der Waals surface area contributed by atoms with E-state index >= 15 is 0 Å². The number of morpholine rings is 1. The second kappa shape index (κ2) is 5.83. The molecule has 6 heteroatoms. The van der Waals surface area contributed by atoms with Crippen molar-refractivity contribution < 1.29 is 9.53 Å². The molecule has 2 aromatic rings. The topological polar surface area (TPSA) is 60.3 Å². The summed E-state index contributed by atoms with van der Waals surface area (Å²) >= 11 is 0. The summed E-state index contributed by atoms with van der Waals surface area (Å²) < 4.78 is 7.52. The van der Waals surface area contributed by atoms with Gasteiger partial charge in [0.15, 0.2) is 0 Å². The van der Waals surface area contributed by atoms with Gasteiger partial charge in [-0.25, -0.2) is 0 Å². The van der Waals surface area contributed by atoms with E-state index in [1.54, 1.807) is 30.7 Å². The number of aromatic nitrogens is 3. The van der Waals surface area contributed by atoms with Crippen molar-refractivity contribution in [1.29, 1.82) is 0 Å². The van der Waals surface area contributed by atoms with Crippen LogP contribution < -0.4 is 0 Å². The minimum absolute atomic E-state index is 0.00636. The summed E-state index contributed by atoms with van der Waals surface area (Å²) in [7, 11) is 0. The van der Waals surface area contributed by atoms with Gasteiger partial charge in [0.1, 0.15) is 0 Å². The Kier molecular flexibility index (Phi) is 3.73. The van der Waals surface area contributed by atoms with Gasteiger partial charge in [-0.1, -0.05) is 0 Å². The number of pyridine rings is 1. The Morgan fingerprint density at radius 1 is 1.40 bits per heavy atom. The molecule has 1 amide bonds. The van der Waals surface area contributed by atoms with Gasteiger partial charge in [-0.2, -0.15) is 5.10 Å². The van der Waals surface area contributed by atoms with E-state index < -0.39 is 0 Å². The maximum absolute atomic E-state index is 12.4. The highest BCUT2D eigenvalue weighted by molar-refractivity contribution is 5.93. The van der Waals surface area contributed by atoms with Crippen molar-refractivity contribution in [2.45, 2.75) is 12.6 Å². The molecule has 1 saturated heterocycles. The molecule has 0 aliphatic carbocycles. The average molecular weight is 272 g/mol. The van der Waals surface area contributed by atoms with Gasteiger partial charge in [0.2, 0.25) is 0 Å². The predicted octanol–water partition coefficient (Wildman–Crippen LogP) is 0.819. The van der Waals surface area contributed by atoms with Crippen molar-refractivity contribution >= 4 is 5.91 Å². The van der Waals surface area contributed by atoms with Crippen LogP contribution in [-0.4, -0.2) is 51.4 Å². The fraction of sp³-hybridized carbons (Fsp3) is 0.357. The third-order valence-corrected chi connectivity index (χ3v) is 3.28. The second-order valence-electron chi connectivity index (χ2n) is 4.71. The molecule has 1 aliphatic heterocycles. The van der Waals surface area contributed by atoms with Crippen molar-refractivity contribution in [2.24, 2.45) is 0 Å². The fourth-order valence-corrected chi connectivity index (χ4v) is 2.30. The van der Waals surface area contributed by atoms with E-state index in [9.17, 15) is 4.79 Å². The number of hydrogen-bond donors (Lipinski definition) is 0. The number of amides is 1. The lowest BCUT2D eigenvalue weighted by Gasteiger charge is -2.32. The maximum Gasteiger partial charge on any atom is 0.255 e. The minimum atomic E-state index is -0.0238. The molecule has 6 nitrogen and oxygen atoms in total. The van der Waals surface area contributed by atoms with Crippen LogP contribution in [0.4, 0.5) is 0 Å². The molecule has 3 rings (SSSR count). The minimum Gasteiger partial charge on any atom is -0.373 e. The van der Waals surface area contributed by atoms with E-state index in [1.165, 1.54) is 0 Å². The third kappa shape index (κ3) is 2.85. The normalized spacial score (nSPS) is 19.0. The molecule has 1 aliphatic rings. The first-order valence-electron chi connectivity index (χ1n) is 6.61. The lowest BCUT2D eigenvalue weighted by molar-refractivity contribution is -0.0300. The first-order valence-corrected chi connectivity index (χ1v) is 6.61. The average Bonchev–Trinajstić information content (AvgIpc) is 3.01. The lowest BCUT2D eigenvalue weighted by atomic mass is 10.2. The Labute approximate surface area is 117 Å². The molecule has 0 aromatic carbocycles. The van der Waals surface area contributed by atoms with Gasteiger partial charge in [-0.15, -0.1) is 0 Å². The third-order valence-electron chi connectivity index (χ3n) is 3.28. The van der Waals surface area contributed by atoms with Gasteiger partial charge in [0.05, 0.1) is 24.8 Å². The molecule has 2 aromatic heterocycles. The highest BCUT2D eigenvalue weighted by Gasteiger charge is 2.25. The zero-order chi connectivity index (χ0) is 13.8. The summed E-state index contributed by atoms with van der Waals surface area (Å²) in [5.41, 5.74) is 0.618. The molecule has 0 bridgehead atoms. The number of hydrogen-bond acceptors (Lipinski definition) is 4. The highest BCUT2D eigenvalue weighted by atomic mass is 16.5. The van der Waals surface area contributed by atoms with Crippen LogP contribution in [0.15, 0.2) is 43.0 Å². The number of carbonyl (C=O) groups excluding carboxylic acids is 1. The smallest absolute Gasteiger partial charge is 0.255 e. The van der Waals surface area contributed by atoms with Crippen LogP contribution in [0.25, 0.3) is 0 Å². The SMILES string of the molecule is O=C(c1cccnc1)N1CCOC(Cn2cccn2)C1. The summed E-state index contributed by atoms with van der Waals surface area (Å²) in [5.74, 6) is 0.00636. The van der Waals surface area contributed by atoms with E-state index in [0.717, 1.165) is 0 Å². The quantitative estimate of drug-likeness (QED) is 0.830. The molecular weight excluding hydrogens is 256 g/mol. The van der Waals surface area contributed by atoms with E-state index in [-0.39, 0.29) is 12.0 Å². The predicted molar refractivity (Wildman–Crippen MR) is 72.1 cm³/mol. The van der Waals surface area contributed by atoms with E-state index in [2.05, 4.69) is 10.1 Å². The van der Waals surface area contributed by atoms with Crippen molar-refractivity contribution in [2.75, 3.05) is 19.7 Å². The van der Waals surface area contributed by atoms with Crippen molar-refractivity contribution in [1.82, 2.24) is 19.7 Å². The van der Waals surface area contributed by atoms with Crippen LogP contribution in [0.5, 0.6) is 0 Å². The number of ether oxygens (including phenoxy) is 1. The Hall–Kier alpha value is -2.21. The summed E-state index contributed by atoms with van der Waals surface area (Å²) in [6, 6.07) is 5.43. The van der Waals surface area contributed by atoms with E-state index in [0.29, 0.717) is 31.8 Å². The van der Waals surface area contributed by atoms with Crippen LogP contribution in [0.1, 0.15) is 10.4 Å². The number of nitrogens with zero attached hydrogens (tertiary/aromatic N) is 4. The monoisotopic (exact) mass is 272 g/mol. The van der Waals surface area contributed by atoms with Crippen LogP contribution in [0.3, 0.4) is 0 Å². The van der Waals surface area contributed by atoms with Gasteiger partial charge in [0.25, 0.3) is 5.91 Å². The van der Waals surface area contributed by atoms with Crippen LogP contribution in [0, 0.1) is 0 Å². The number of rotatable bonds is 3. The lowest BCUT2D eigenvalue weighted by Crippen LogP contribution is -2.47. The fourth-order valence-electron chi connectivity index (χ4n) is 2.30. The van der Waals surface area contributed by atoms with Gasteiger partial charge in [-0.05, 0) is 18.2 Å². The van der Waals surface area contributed by atoms with Crippen molar-refractivity contribution in [3.05, 3.63) is 48.5 Å². The summed E-state index contributed by atoms with van der Waals surface area (Å²) in [5, 5.41) is 4.16. The van der Waals surface area contributed by atoms with Crippen LogP contribution in [0.2, 0.25) is 0 Å². The Morgan fingerprint density at radius 3 is 3.10 bits per heavy atom. The molecule has 1 unspecified atom stereocenters. The van der Waals surface area contributed by atoms with Crippen LogP contribution >= 0.6 is 0 Å². The van der Waals surface area contributed by atoms with Gasteiger partial charge < -0.3 is 9.64 Å². The molecule has 104 valence electrons. The zero-order valence-electron chi connectivity index (χ0n) is 11.1. The van der Waals surface area contributed by atoms with Gasteiger partial charge in [0, 0.05) is 37.9 Å². The second-order valence-corrected chi connectivity index (χ2v) is 4.71. The molecular formula is C14H16N4O2. The Balaban J connectivity index is 1.64. The summed E-state index contributed by atoms with van der Waals surface area (Å²) in [6.07, 6.45) is 6.87. The molecule has 0 radical (unpaired) electrons.